The third-order valence-corrected chi connectivity index (χ3v) is 5.16. The molecule has 0 fully saturated rings. The van der Waals surface area contributed by atoms with Gasteiger partial charge in [0, 0.05) is 12.6 Å². The van der Waals surface area contributed by atoms with Crippen molar-refractivity contribution in [2.45, 2.75) is 33.2 Å². The molecule has 0 N–H and O–H groups in total. The Morgan fingerprint density at radius 3 is 2.55 bits per heavy atom. The molecule has 1 amide bonds. The summed E-state index contributed by atoms with van der Waals surface area (Å²) in [6, 6.07) is 13.7. The molecular weight excluding hydrogens is 434 g/mol. The van der Waals surface area contributed by atoms with Crippen LogP contribution >= 0.6 is 15.9 Å². The molecule has 0 radical (unpaired) electrons. The van der Waals surface area contributed by atoms with Gasteiger partial charge in [-0.15, -0.1) is 10.2 Å². The summed E-state index contributed by atoms with van der Waals surface area (Å²) in [7, 11) is 1.68. The highest BCUT2D eigenvalue weighted by Gasteiger charge is 2.16. The molecule has 0 unspecified atom stereocenters. The van der Waals surface area contributed by atoms with Crippen LogP contribution in [0.15, 0.2) is 51.4 Å². The Labute approximate surface area is 179 Å². The zero-order valence-electron chi connectivity index (χ0n) is 17.0. The van der Waals surface area contributed by atoms with Gasteiger partial charge in [0.25, 0.3) is 5.91 Å². The van der Waals surface area contributed by atoms with E-state index in [9.17, 15) is 4.79 Å². The molecule has 0 spiro atoms. The number of hydrogen-bond donors (Lipinski definition) is 0. The van der Waals surface area contributed by atoms with E-state index in [0.29, 0.717) is 23.4 Å². The van der Waals surface area contributed by atoms with Crippen LogP contribution in [-0.4, -0.2) is 34.7 Å². The highest BCUT2D eigenvalue weighted by atomic mass is 79.9. The van der Waals surface area contributed by atoms with Crippen molar-refractivity contribution in [1.29, 1.82) is 0 Å². The Bertz CT molecular complexity index is 983. The molecule has 0 bridgehead atoms. The van der Waals surface area contributed by atoms with Gasteiger partial charge in [-0.3, -0.25) is 4.79 Å². The van der Waals surface area contributed by atoms with Gasteiger partial charge in [-0.05, 0) is 58.6 Å². The number of hydrogen-bond acceptors (Lipinski definition) is 5. The van der Waals surface area contributed by atoms with Gasteiger partial charge in [0.2, 0.25) is 11.8 Å². The fourth-order valence-electron chi connectivity index (χ4n) is 2.66. The third kappa shape index (κ3) is 5.44. The SMILES string of the molecule is Cc1ccc(-c2nnc(CN(C)C(=O)COc3ccc(C(C)C)cc3Br)o2)cc1. The molecule has 0 saturated carbocycles. The quantitative estimate of drug-likeness (QED) is 0.500. The molecule has 1 aromatic heterocycles. The van der Waals surface area contributed by atoms with E-state index < -0.39 is 0 Å². The van der Waals surface area contributed by atoms with Crippen LogP contribution in [-0.2, 0) is 11.3 Å². The highest BCUT2D eigenvalue weighted by Crippen LogP contribution is 2.29. The second-order valence-electron chi connectivity index (χ2n) is 7.25. The summed E-state index contributed by atoms with van der Waals surface area (Å²) >= 11 is 3.50. The summed E-state index contributed by atoms with van der Waals surface area (Å²) in [4.78, 5) is 13.9. The number of halogens is 1. The zero-order valence-corrected chi connectivity index (χ0v) is 18.6. The number of benzene rings is 2. The van der Waals surface area contributed by atoms with Crippen molar-refractivity contribution in [3.8, 4) is 17.2 Å². The van der Waals surface area contributed by atoms with Gasteiger partial charge in [0.15, 0.2) is 6.61 Å². The lowest BCUT2D eigenvalue weighted by molar-refractivity contribution is -0.132. The molecule has 152 valence electrons. The standard InChI is InChI=1S/C22H24BrN3O3/c1-14(2)17-9-10-19(18(23)11-17)28-13-21(27)26(4)12-20-24-25-22(29-20)16-7-5-15(3)6-8-16/h5-11,14H,12-13H2,1-4H3. The minimum atomic E-state index is -0.181. The summed E-state index contributed by atoms with van der Waals surface area (Å²) in [6.45, 7) is 6.41. The van der Waals surface area contributed by atoms with E-state index in [1.807, 2.05) is 49.4 Å². The molecule has 0 aliphatic rings. The number of carbonyl (C=O) groups excluding carboxylic acids is 1. The second-order valence-corrected chi connectivity index (χ2v) is 8.10. The molecule has 3 aromatic rings. The number of aromatic nitrogens is 2. The number of likely N-dealkylation sites (N-methyl/N-ethyl adjacent to an activating group) is 1. The first-order valence-corrected chi connectivity index (χ1v) is 10.2. The predicted molar refractivity (Wildman–Crippen MR) is 115 cm³/mol. The fourth-order valence-corrected chi connectivity index (χ4v) is 3.18. The lowest BCUT2D eigenvalue weighted by atomic mass is 10.0. The van der Waals surface area contributed by atoms with Crippen molar-refractivity contribution in [3.63, 3.8) is 0 Å². The molecule has 7 heteroatoms. The maximum Gasteiger partial charge on any atom is 0.260 e. The van der Waals surface area contributed by atoms with Crippen molar-refractivity contribution in [2.24, 2.45) is 0 Å². The van der Waals surface area contributed by atoms with E-state index in [-0.39, 0.29) is 19.1 Å². The Balaban J connectivity index is 1.56. The number of amides is 1. The molecule has 6 nitrogen and oxygen atoms in total. The van der Waals surface area contributed by atoms with E-state index in [2.05, 4.69) is 40.0 Å². The summed E-state index contributed by atoms with van der Waals surface area (Å²) in [5, 5.41) is 8.10. The van der Waals surface area contributed by atoms with E-state index >= 15 is 0 Å². The van der Waals surface area contributed by atoms with Crippen LogP contribution in [0.4, 0.5) is 0 Å². The smallest absolute Gasteiger partial charge is 0.260 e. The maximum absolute atomic E-state index is 12.4. The number of aryl methyl sites for hydroxylation is 1. The lowest BCUT2D eigenvalue weighted by Crippen LogP contribution is -2.31. The lowest BCUT2D eigenvalue weighted by Gasteiger charge is -2.16. The summed E-state index contributed by atoms with van der Waals surface area (Å²) in [5.74, 6) is 1.69. The van der Waals surface area contributed by atoms with Gasteiger partial charge in [-0.25, -0.2) is 0 Å². The van der Waals surface area contributed by atoms with Crippen LogP contribution in [0.3, 0.4) is 0 Å². The first-order valence-electron chi connectivity index (χ1n) is 9.39. The van der Waals surface area contributed by atoms with E-state index in [0.717, 1.165) is 15.6 Å². The van der Waals surface area contributed by atoms with Crippen molar-refractivity contribution in [3.05, 3.63) is 64.0 Å². The summed E-state index contributed by atoms with van der Waals surface area (Å²) < 4.78 is 12.2. The molecular formula is C22H24BrN3O3. The van der Waals surface area contributed by atoms with Gasteiger partial charge in [0.05, 0.1) is 11.0 Å². The fraction of sp³-hybridized carbons (Fsp3) is 0.318. The van der Waals surface area contributed by atoms with E-state index in [1.54, 1.807) is 7.05 Å². The van der Waals surface area contributed by atoms with Crippen LogP contribution in [0.5, 0.6) is 5.75 Å². The van der Waals surface area contributed by atoms with E-state index in [4.69, 9.17) is 9.15 Å². The molecule has 29 heavy (non-hydrogen) atoms. The number of ether oxygens (including phenoxy) is 1. The highest BCUT2D eigenvalue weighted by molar-refractivity contribution is 9.10. The number of rotatable bonds is 7. The second kappa shape index (κ2) is 9.22. The van der Waals surface area contributed by atoms with Gasteiger partial charge in [-0.1, -0.05) is 37.6 Å². The topological polar surface area (TPSA) is 68.5 Å². The normalized spacial score (nSPS) is 11.0. The Morgan fingerprint density at radius 1 is 1.17 bits per heavy atom. The van der Waals surface area contributed by atoms with Crippen LogP contribution in [0.1, 0.15) is 36.8 Å². The van der Waals surface area contributed by atoms with Crippen molar-refractivity contribution in [2.75, 3.05) is 13.7 Å². The van der Waals surface area contributed by atoms with Crippen LogP contribution in [0.2, 0.25) is 0 Å². The monoisotopic (exact) mass is 457 g/mol. The number of nitrogens with zero attached hydrogens (tertiary/aromatic N) is 3. The van der Waals surface area contributed by atoms with Crippen LogP contribution in [0.25, 0.3) is 11.5 Å². The van der Waals surface area contributed by atoms with Crippen molar-refractivity contribution < 1.29 is 13.9 Å². The molecule has 0 saturated heterocycles. The first kappa shape index (κ1) is 21.0. The maximum atomic E-state index is 12.4. The van der Waals surface area contributed by atoms with Crippen molar-refractivity contribution in [1.82, 2.24) is 15.1 Å². The minimum Gasteiger partial charge on any atom is -0.483 e. The molecule has 0 atom stereocenters. The minimum absolute atomic E-state index is 0.0743. The molecule has 1 heterocycles. The molecule has 0 aliphatic carbocycles. The molecule has 0 aliphatic heterocycles. The van der Waals surface area contributed by atoms with Gasteiger partial charge >= 0.3 is 0 Å². The van der Waals surface area contributed by atoms with E-state index in [1.165, 1.54) is 10.5 Å². The Hall–Kier alpha value is -2.67. The number of carbonyl (C=O) groups is 1. The average molecular weight is 458 g/mol. The first-order chi connectivity index (χ1) is 13.8. The van der Waals surface area contributed by atoms with Crippen LogP contribution < -0.4 is 4.74 Å². The van der Waals surface area contributed by atoms with Crippen molar-refractivity contribution >= 4 is 21.8 Å². The molecule has 2 aromatic carbocycles. The Morgan fingerprint density at radius 2 is 1.90 bits per heavy atom. The summed E-state index contributed by atoms with van der Waals surface area (Å²) in [6.07, 6.45) is 0. The Kier molecular flexibility index (Phi) is 6.69. The zero-order chi connectivity index (χ0) is 21.0. The van der Waals surface area contributed by atoms with Crippen LogP contribution in [0, 0.1) is 6.92 Å². The van der Waals surface area contributed by atoms with Gasteiger partial charge < -0.3 is 14.1 Å². The summed E-state index contributed by atoms with van der Waals surface area (Å²) in [5.41, 5.74) is 3.21. The average Bonchev–Trinajstić information content (AvgIpc) is 3.15. The van der Waals surface area contributed by atoms with Gasteiger partial charge in [0.1, 0.15) is 5.75 Å². The third-order valence-electron chi connectivity index (χ3n) is 4.54. The largest absolute Gasteiger partial charge is 0.483 e. The predicted octanol–water partition coefficient (Wildman–Crippen LogP) is 4.97. The molecule has 3 rings (SSSR count). The van der Waals surface area contributed by atoms with Gasteiger partial charge in [-0.2, -0.15) is 0 Å².